The topological polar surface area (TPSA) is 61.5 Å². The molecule has 2 rings (SSSR count). The summed E-state index contributed by atoms with van der Waals surface area (Å²) >= 11 is 5.83. The third-order valence-electron chi connectivity index (χ3n) is 3.38. The highest BCUT2D eigenvalue weighted by atomic mass is 35.5. The van der Waals surface area contributed by atoms with E-state index in [1.807, 2.05) is 13.0 Å². The number of halogens is 1. The molecule has 2 N–H and O–H groups in total. The first kappa shape index (κ1) is 15.8. The Morgan fingerprint density at radius 3 is 2.86 bits per heavy atom. The van der Waals surface area contributed by atoms with E-state index < -0.39 is 6.10 Å². The van der Waals surface area contributed by atoms with Gasteiger partial charge in [0.25, 0.3) is 0 Å². The normalized spacial score (nSPS) is 12.8. The van der Waals surface area contributed by atoms with Crippen molar-refractivity contribution < 1.29 is 10.2 Å². The van der Waals surface area contributed by atoms with Gasteiger partial charge in [0.2, 0.25) is 0 Å². The molecular weight excluding hydrogens is 290 g/mol. The van der Waals surface area contributed by atoms with Crippen molar-refractivity contribution in [3.63, 3.8) is 0 Å². The number of rotatable bonds is 7. The summed E-state index contributed by atoms with van der Waals surface area (Å²) in [4.78, 5) is 2.13. The first-order chi connectivity index (χ1) is 10.1. The molecule has 0 aliphatic rings. The average molecular weight is 310 g/mol. The third-order valence-corrected chi connectivity index (χ3v) is 3.58. The quantitative estimate of drug-likeness (QED) is 0.824. The van der Waals surface area contributed by atoms with Gasteiger partial charge < -0.3 is 10.2 Å². The Morgan fingerprint density at radius 2 is 2.24 bits per heavy atom. The van der Waals surface area contributed by atoms with Crippen molar-refractivity contribution in [2.45, 2.75) is 19.6 Å². The third kappa shape index (κ3) is 4.74. The van der Waals surface area contributed by atoms with Gasteiger partial charge in [0.1, 0.15) is 5.75 Å². The van der Waals surface area contributed by atoms with Crippen LogP contribution in [0.2, 0.25) is 5.02 Å². The van der Waals surface area contributed by atoms with Crippen LogP contribution in [-0.4, -0.2) is 44.5 Å². The first-order valence-corrected chi connectivity index (χ1v) is 7.33. The van der Waals surface area contributed by atoms with Gasteiger partial charge >= 0.3 is 0 Å². The summed E-state index contributed by atoms with van der Waals surface area (Å²) in [5.41, 5.74) is 0.718. The zero-order valence-corrected chi connectivity index (χ0v) is 12.7. The second kappa shape index (κ2) is 7.45. The highest BCUT2D eigenvalue weighted by Gasteiger charge is 2.13. The molecule has 0 aliphatic carbocycles. The molecule has 21 heavy (non-hydrogen) atoms. The lowest BCUT2D eigenvalue weighted by atomic mass is 10.1. The fourth-order valence-electron chi connectivity index (χ4n) is 2.17. The predicted octanol–water partition coefficient (Wildman–Crippen LogP) is 2.30. The Labute approximate surface area is 129 Å². The van der Waals surface area contributed by atoms with Crippen LogP contribution >= 0.6 is 11.6 Å². The van der Waals surface area contributed by atoms with E-state index >= 15 is 0 Å². The summed E-state index contributed by atoms with van der Waals surface area (Å²) in [6.07, 6.45) is 2.76. The van der Waals surface area contributed by atoms with Gasteiger partial charge in [-0.1, -0.05) is 30.7 Å². The molecular formula is C15H20ClN3O2. The minimum absolute atomic E-state index is 0.167. The molecule has 1 aromatic carbocycles. The maximum Gasteiger partial charge on any atom is 0.115 e. The molecule has 5 nitrogen and oxygen atoms in total. The average Bonchev–Trinajstić information content (AvgIpc) is 2.89. The predicted molar refractivity (Wildman–Crippen MR) is 82.4 cm³/mol. The van der Waals surface area contributed by atoms with Crippen LogP contribution in [0.25, 0.3) is 0 Å². The number of phenolic OH excluding ortho intramolecular Hbond substituents is 1. The minimum Gasteiger partial charge on any atom is -0.508 e. The van der Waals surface area contributed by atoms with Gasteiger partial charge in [0.05, 0.1) is 23.9 Å². The smallest absolute Gasteiger partial charge is 0.115 e. The minimum atomic E-state index is -0.627. The number of aromatic nitrogens is 2. The van der Waals surface area contributed by atoms with E-state index in [-0.39, 0.29) is 5.75 Å². The lowest BCUT2D eigenvalue weighted by molar-refractivity contribution is 0.113. The second-order valence-electron chi connectivity index (χ2n) is 4.93. The largest absolute Gasteiger partial charge is 0.508 e. The number of hydrogen-bond donors (Lipinski definition) is 2. The van der Waals surface area contributed by atoms with Gasteiger partial charge in [-0.25, -0.2) is 0 Å². The molecule has 1 aromatic heterocycles. The molecule has 6 heteroatoms. The number of aromatic hydroxyl groups is 1. The molecule has 0 saturated carbocycles. The molecule has 2 aromatic rings. The van der Waals surface area contributed by atoms with Crippen LogP contribution in [0.3, 0.4) is 0 Å². The summed E-state index contributed by atoms with van der Waals surface area (Å²) in [5, 5.41) is 24.5. The van der Waals surface area contributed by atoms with Gasteiger partial charge in [-0.3, -0.25) is 9.58 Å². The zero-order chi connectivity index (χ0) is 15.2. The summed E-state index contributed by atoms with van der Waals surface area (Å²) in [6.45, 7) is 4.86. The van der Waals surface area contributed by atoms with Crippen molar-refractivity contribution in [1.29, 1.82) is 0 Å². The van der Waals surface area contributed by atoms with E-state index in [2.05, 4.69) is 10.00 Å². The molecule has 0 aliphatic heterocycles. The van der Waals surface area contributed by atoms with Gasteiger partial charge in [-0.05, 0) is 24.2 Å². The van der Waals surface area contributed by atoms with E-state index in [1.165, 1.54) is 0 Å². The number of aliphatic hydroxyl groups is 1. The van der Waals surface area contributed by atoms with E-state index in [0.29, 0.717) is 18.1 Å². The van der Waals surface area contributed by atoms with E-state index in [1.54, 1.807) is 35.3 Å². The van der Waals surface area contributed by atoms with Crippen molar-refractivity contribution in [3.8, 4) is 5.75 Å². The van der Waals surface area contributed by atoms with Gasteiger partial charge in [-0.15, -0.1) is 0 Å². The fraction of sp³-hybridized carbons (Fsp3) is 0.400. The number of aliphatic hydroxyl groups excluding tert-OH is 1. The molecule has 0 radical (unpaired) electrons. The van der Waals surface area contributed by atoms with Crippen molar-refractivity contribution in [3.05, 3.63) is 47.2 Å². The van der Waals surface area contributed by atoms with E-state index in [4.69, 9.17) is 11.6 Å². The second-order valence-corrected chi connectivity index (χ2v) is 5.36. The van der Waals surface area contributed by atoms with Crippen molar-refractivity contribution in [2.75, 3.05) is 19.6 Å². The van der Waals surface area contributed by atoms with Crippen LogP contribution < -0.4 is 0 Å². The standard InChI is InChI=1S/C15H20ClN3O2/c1-2-18(6-7-19-10-13(16)9-17-19)11-15(21)12-4-3-5-14(20)8-12/h3-5,8-10,15,20-21H,2,6-7,11H2,1H3/t15-/m1/s1. The Morgan fingerprint density at radius 1 is 1.43 bits per heavy atom. The van der Waals surface area contributed by atoms with Crippen LogP contribution in [0.1, 0.15) is 18.6 Å². The molecule has 0 unspecified atom stereocenters. The Balaban J connectivity index is 1.89. The molecule has 0 amide bonds. The molecule has 114 valence electrons. The molecule has 1 atom stereocenters. The molecule has 0 spiro atoms. The van der Waals surface area contributed by atoms with Crippen LogP contribution in [0.4, 0.5) is 0 Å². The van der Waals surface area contributed by atoms with Gasteiger partial charge in [0.15, 0.2) is 0 Å². The van der Waals surface area contributed by atoms with Crippen LogP contribution in [0.5, 0.6) is 5.75 Å². The molecule has 0 bridgehead atoms. The SMILES string of the molecule is CCN(CCn1cc(Cl)cn1)C[C@@H](O)c1cccc(O)c1. The molecule has 0 fully saturated rings. The van der Waals surface area contributed by atoms with E-state index in [9.17, 15) is 10.2 Å². The highest BCUT2D eigenvalue weighted by Crippen LogP contribution is 2.19. The van der Waals surface area contributed by atoms with Crippen LogP contribution in [0.15, 0.2) is 36.7 Å². The van der Waals surface area contributed by atoms with Crippen LogP contribution in [-0.2, 0) is 6.54 Å². The first-order valence-electron chi connectivity index (χ1n) is 6.95. The Hall–Kier alpha value is -1.56. The summed E-state index contributed by atoms with van der Waals surface area (Å²) in [6, 6.07) is 6.72. The lowest BCUT2D eigenvalue weighted by Crippen LogP contribution is -2.31. The van der Waals surface area contributed by atoms with E-state index in [0.717, 1.165) is 18.7 Å². The number of benzene rings is 1. The van der Waals surface area contributed by atoms with Crippen molar-refractivity contribution in [1.82, 2.24) is 14.7 Å². The molecule has 1 heterocycles. The number of hydrogen-bond acceptors (Lipinski definition) is 4. The maximum atomic E-state index is 10.3. The monoisotopic (exact) mass is 309 g/mol. The highest BCUT2D eigenvalue weighted by molar-refractivity contribution is 6.30. The number of likely N-dealkylation sites (N-methyl/N-ethyl adjacent to an activating group) is 1. The lowest BCUT2D eigenvalue weighted by Gasteiger charge is -2.23. The van der Waals surface area contributed by atoms with Gasteiger partial charge in [0, 0.05) is 19.3 Å². The Kier molecular flexibility index (Phi) is 5.61. The van der Waals surface area contributed by atoms with Crippen molar-refractivity contribution >= 4 is 11.6 Å². The van der Waals surface area contributed by atoms with Crippen molar-refractivity contribution in [2.24, 2.45) is 0 Å². The summed E-state index contributed by atoms with van der Waals surface area (Å²) < 4.78 is 1.78. The van der Waals surface area contributed by atoms with Crippen LogP contribution in [0, 0.1) is 0 Å². The number of nitrogens with zero attached hydrogens (tertiary/aromatic N) is 3. The van der Waals surface area contributed by atoms with Gasteiger partial charge in [-0.2, -0.15) is 5.10 Å². The summed E-state index contributed by atoms with van der Waals surface area (Å²) in [5.74, 6) is 0.167. The Bertz CT molecular complexity index is 574. The summed E-state index contributed by atoms with van der Waals surface area (Å²) in [7, 11) is 0. The number of phenols is 1. The molecule has 0 saturated heterocycles. The zero-order valence-electron chi connectivity index (χ0n) is 12.0. The maximum absolute atomic E-state index is 10.3. The fourth-order valence-corrected chi connectivity index (χ4v) is 2.32.